The molecule has 0 aliphatic carbocycles. The molecule has 4 heteroatoms. The molecule has 1 aromatic carbocycles. The summed E-state index contributed by atoms with van der Waals surface area (Å²) in [4.78, 5) is 8.01. The number of aromatic nitrogens is 1. The van der Waals surface area contributed by atoms with Gasteiger partial charge in [0.15, 0.2) is 0 Å². The van der Waals surface area contributed by atoms with Gasteiger partial charge in [0.25, 0.3) is 0 Å². The van der Waals surface area contributed by atoms with E-state index in [2.05, 4.69) is 36.0 Å². The summed E-state index contributed by atoms with van der Waals surface area (Å²) in [5, 5.41) is 0. The Hall–Kier alpha value is -1.39. The van der Waals surface area contributed by atoms with E-state index in [1.54, 1.807) is 11.3 Å². The van der Waals surface area contributed by atoms with Crippen LogP contribution in [0.25, 0.3) is 0 Å². The van der Waals surface area contributed by atoms with Gasteiger partial charge in [0.05, 0.1) is 11.2 Å². The first kappa shape index (κ1) is 14.0. The lowest BCUT2D eigenvalue weighted by molar-refractivity contribution is 0.324. The number of nitrogens with zero attached hydrogens (tertiary/aromatic N) is 2. The van der Waals surface area contributed by atoms with Crippen molar-refractivity contribution in [2.75, 3.05) is 19.3 Å². The Balaban J connectivity index is 1.75. The third-order valence-electron chi connectivity index (χ3n) is 3.21. The second kappa shape index (κ2) is 6.68. The zero-order valence-corrected chi connectivity index (χ0v) is 12.4. The van der Waals surface area contributed by atoms with E-state index in [-0.39, 0.29) is 0 Å². The quantitative estimate of drug-likeness (QED) is 0.824. The molecule has 0 saturated carbocycles. The molecule has 1 aromatic heterocycles. The molecule has 0 amide bonds. The summed E-state index contributed by atoms with van der Waals surface area (Å²) in [6.45, 7) is 4.16. The van der Waals surface area contributed by atoms with Gasteiger partial charge in [-0.15, -0.1) is 11.3 Å². The SMILES string of the molecule is Cc1ncsc1CN(C)CCCc1cccc(N)c1. The number of thiazole rings is 1. The Labute approximate surface area is 119 Å². The molecule has 0 aliphatic heterocycles. The maximum Gasteiger partial charge on any atom is 0.0798 e. The highest BCUT2D eigenvalue weighted by Gasteiger charge is 2.05. The molecule has 102 valence electrons. The van der Waals surface area contributed by atoms with Crippen molar-refractivity contribution in [1.82, 2.24) is 9.88 Å². The largest absolute Gasteiger partial charge is 0.399 e. The molecular formula is C15H21N3S. The van der Waals surface area contributed by atoms with Crippen LogP contribution in [0, 0.1) is 6.92 Å². The van der Waals surface area contributed by atoms with Crippen molar-refractivity contribution < 1.29 is 0 Å². The van der Waals surface area contributed by atoms with Crippen molar-refractivity contribution in [2.24, 2.45) is 0 Å². The molecule has 19 heavy (non-hydrogen) atoms. The Bertz CT molecular complexity index is 522. The number of rotatable bonds is 6. The van der Waals surface area contributed by atoms with Gasteiger partial charge in [-0.25, -0.2) is 4.98 Å². The molecule has 2 aromatic rings. The van der Waals surface area contributed by atoms with Crippen molar-refractivity contribution in [3.05, 3.63) is 45.9 Å². The van der Waals surface area contributed by atoms with E-state index in [1.807, 2.05) is 17.6 Å². The molecule has 0 aliphatic rings. The summed E-state index contributed by atoms with van der Waals surface area (Å²) in [6, 6.07) is 8.16. The molecule has 0 saturated heterocycles. The summed E-state index contributed by atoms with van der Waals surface area (Å²) in [7, 11) is 2.17. The van der Waals surface area contributed by atoms with Crippen molar-refractivity contribution >= 4 is 17.0 Å². The summed E-state index contributed by atoms with van der Waals surface area (Å²) >= 11 is 1.74. The van der Waals surface area contributed by atoms with Gasteiger partial charge in [-0.2, -0.15) is 0 Å². The van der Waals surface area contributed by atoms with Crippen LogP contribution in [0.15, 0.2) is 29.8 Å². The zero-order chi connectivity index (χ0) is 13.7. The van der Waals surface area contributed by atoms with Gasteiger partial charge in [0.2, 0.25) is 0 Å². The van der Waals surface area contributed by atoms with Crippen LogP contribution in [0.4, 0.5) is 5.69 Å². The fourth-order valence-electron chi connectivity index (χ4n) is 2.10. The molecule has 2 rings (SSSR count). The van der Waals surface area contributed by atoms with Crippen LogP contribution in [-0.2, 0) is 13.0 Å². The van der Waals surface area contributed by atoms with Gasteiger partial charge in [-0.3, -0.25) is 0 Å². The Kier molecular flexibility index (Phi) is 4.93. The smallest absolute Gasteiger partial charge is 0.0798 e. The molecule has 2 N–H and O–H groups in total. The number of aryl methyl sites for hydroxylation is 2. The van der Waals surface area contributed by atoms with Crippen molar-refractivity contribution in [1.29, 1.82) is 0 Å². The average molecular weight is 275 g/mol. The van der Waals surface area contributed by atoms with Gasteiger partial charge in [0, 0.05) is 17.1 Å². The molecular weight excluding hydrogens is 254 g/mol. The van der Waals surface area contributed by atoms with Crippen LogP contribution < -0.4 is 5.73 Å². The lowest BCUT2D eigenvalue weighted by atomic mass is 10.1. The Morgan fingerprint density at radius 2 is 2.21 bits per heavy atom. The predicted octanol–water partition coefficient (Wildman–Crippen LogP) is 3.10. The van der Waals surface area contributed by atoms with Crippen LogP contribution >= 0.6 is 11.3 Å². The zero-order valence-electron chi connectivity index (χ0n) is 11.6. The van der Waals surface area contributed by atoms with Gasteiger partial charge in [0.1, 0.15) is 0 Å². The molecule has 0 unspecified atom stereocenters. The molecule has 0 atom stereocenters. The van der Waals surface area contributed by atoms with E-state index in [1.165, 1.54) is 10.4 Å². The minimum Gasteiger partial charge on any atom is -0.399 e. The van der Waals surface area contributed by atoms with E-state index in [0.717, 1.165) is 37.3 Å². The molecule has 0 spiro atoms. The van der Waals surface area contributed by atoms with E-state index >= 15 is 0 Å². The maximum atomic E-state index is 5.78. The van der Waals surface area contributed by atoms with Crippen molar-refractivity contribution in [3.8, 4) is 0 Å². The van der Waals surface area contributed by atoms with E-state index < -0.39 is 0 Å². The minimum atomic E-state index is 0.853. The molecule has 3 nitrogen and oxygen atoms in total. The van der Waals surface area contributed by atoms with Crippen molar-refractivity contribution in [3.63, 3.8) is 0 Å². The predicted molar refractivity (Wildman–Crippen MR) is 82.4 cm³/mol. The second-order valence-electron chi connectivity index (χ2n) is 4.95. The number of hydrogen-bond donors (Lipinski definition) is 1. The van der Waals surface area contributed by atoms with Crippen LogP contribution in [0.5, 0.6) is 0 Å². The van der Waals surface area contributed by atoms with E-state index in [9.17, 15) is 0 Å². The summed E-state index contributed by atoms with van der Waals surface area (Å²) < 4.78 is 0. The van der Waals surface area contributed by atoms with Crippen LogP contribution in [0.3, 0.4) is 0 Å². The standard InChI is InChI=1S/C15H21N3S/c1-12-15(19-11-17-12)10-18(2)8-4-6-13-5-3-7-14(16)9-13/h3,5,7,9,11H,4,6,8,10,16H2,1-2H3. The third kappa shape index (κ3) is 4.33. The lowest BCUT2D eigenvalue weighted by Gasteiger charge is -2.15. The summed E-state index contributed by atoms with van der Waals surface area (Å²) in [6.07, 6.45) is 2.23. The first-order chi connectivity index (χ1) is 9.15. The summed E-state index contributed by atoms with van der Waals surface area (Å²) in [5.41, 5.74) is 11.0. The number of hydrogen-bond acceptors (Lipinski definition) is 4. The van der Waals surface area contributed by atoms with Gasteiger partial charge < -0.3 is 10.6 Å². The highest BCUT2D eigenvalue weighted by Crippen LogP contribution is 2.15. The highest BCUT2D eigenvalue weighted by molar-refractivity contribution is 7.09. The monoisotopic (exact) mass is 275 g/mol. The van der Waals surface area contributed by atoms with Gasteiger partial charge in [-0.05, 0) is 51.1 Å². The fourth-order valence-corrected chi connectivity index (χ4v) is 2.96. The minimum absolute atomic E-state index is 0.853. The Morgan fingerprint density at radius 3 is 2.89 bits per heavy atom. The number of benzene rings is 1. The molecule has 1 heterocycles. The Morgan fingerprint density at radius 1 is 1.37 bits per heavy atom. The third-order valence-corrected chi connectivity index (χ3v) is 4.13. The van der Waals surface area contributed by atoms with Crippen LogP contribution in [0.2, 0.25) is 0 Å². The molecule has 0 fully saturated rings. The number of nitrogen functional groups attached to an aromatic ring is 1. The first-order valence-corrected chi connectivity index (χ1v) is 7.45. The maximum absolute atomic E-state index is 5.78. The van der Waals surface area contributed by atoms with E-state index in [0.29, 0.717) is 0 Å². The van der Waals surface area contributed by atoms with Crippen LogP contribution in [0.1, 0.15) is 22.6 Å². The summed E-state index contributed by atoms with van der Waals surface area (Å²) in [5.74, 6) is 0. The first-order valence-electron chi connectivity index (χ1n) is 6.57. The lowest BCUT2D eigenvalue weighted by Crippen LogP contribution is -2.19. The van der Waals surface area contributed by atoms with E-state index in [4.69, 9.17) is 5.73 Å². The highest BCUT2D eigenvalue weighted by atomic mass is 32.1. The van der Waals surface area contributed by atoms with Crippen LogP contribution in [-0.4, -0.2) is 23.5 Å². The topological polar surface area (TPSA) is 42.2 Å². The fraction of sp³-hybridized carbons (Fsp3) is 0.400. The normalized spacial score (nSPS) is 11.1. The van der Waals surface area contributed by atoms with Gasteiger partial charge >= 0.3 is 0 Å². The average Bonchev–Trinajstić information content (AvgIpc) is 2.75. The molecule has 0 radical (unpaired) electrons. The number of anilines is 1. The molecule has 0 bridgehead atoms. The van der Waals surface area contributed by atoms with Crippen molar-refractivity contribution in [2.45, 2.75) is 26.3 Å². The van der Waals surface area contributed by atoms with Gasteiger partial charge in [-0.1, -0.05) is 12.1 Å². The second-order valence-corrected chi connectivity index (χ2v) is 5.89. The number of nitrogens with two attached hydrogens (primary N) is 1.